The maximum absolute atomic E-state index is 11.7. The summed E-state index contributed by atoms with van der Waals surface area (Å²) in [7, 11) is -2.02. The number of hydrogen-bond acceptors (Lipinski definition) is 8. The van der Waals surface area contributed by atoms with Crippen LogP contribution in [0, 0.1) is 6.92 Å². The third-order valence-corrected chi connectivity index (χ3v) is 4.83. The molecule has 0 radical (unpaired) electrons. The smallest absolute Gasteiger partial charge is 0.230 e. The van der Waals surface area contributed by atoms with E-state index in [-0.39, 0.29) is 5.02 Å². The summed E-state index contributed by atoms with van der Waals surface area (Å²) in [5.74, 6) is 1.84. The first-order chi connectivity index (χ1) is 14.2. The van der Waals surface area contributed by atoms with Gasteiger partial charge in [-0.25, -0.2) is 18.1 Å². The first kappa shape index (κ1) is 21.7. The molecule has 0 unspecified atom stereocenters. The average Bonchev–Trinajstić information content (AvgIpc) is 3.03. The van der Waals surface area contributed by atoms with Gasteiger partial charge in [-0.1, -0.05) is 11.6 Å². The number of hydrogen-bond donors (Lipinski definition) is 3. The monoisotopic (exact) mass is 451 g/mol. The van der Waals surface area contributed by atoms with Gasteiger partial charge in [-0.05, 0) is 26.0 Å². The fourth-order valence-electron chi connectivity index (χ4n) is 2.69. The average molecular weight is 452 g/mol. The summed E-state index contributed by atoms with van der Waals surface area (Å²) in [5.41, 5.74) is 1.60. The van der Waals surface area contributed by atoms with Crippen molar-refractivity contribution in [1.82, 2.24) is 19.7 Å². The lowest BCUT2D eigenvalue weighted by Gasteiger charge is -2.15. The minimum absolute atomic E-state index is 0.266. The summed E-state index contributed by atoms with van der Waals surface area (Å²) in [4.78, 5) is 8.62. The molecule has 0 amide bonds. The molecule has 2 heterocycles. The predicted octanol–water partition coefficient (Wildman–Crippen LogP) is 3.52. The van der Waals surface area contributed by atoms with E-state index in [1.54, 1.807) is 22.9 Å². The van der Waals surface area contributed by atoms with Crippen LogP contribution in [0.4, 0.5) is 29.0 Å². The molecular formula is C18H22ClN7O3S. The zero-order valence-electron chi connectivity index (χ0n) is 16.9. The van der Waals surface area contributed by atoms with Crippen molar-refractivity contribution in [3.8, 4) is 5.75 Å². The highest BCUT2D eigenvalue weighted by atomic mass is 35.5. The van der Waals surface area contributed by atoms with Crippen molar-refractivity contribution in [2.24, 2.45) is 0 Å². The minimum atomic E-state index is -3.51. The Morgan fingerprint density at radius 1 is 1.20 bits per heavy atom. The van der Waals surface area contributed by atoms with Crippen molar-refractivity contribution < 1.29 is 13.2 Å². The van der Waals surface area contributed by atoms with Gasteiger partial charge < -0.3 is 15.4 Å². The van der Waals surface area contributed by atoms with Crippen LogP contribution in [0.25, 0.3) is 0 Å². The first-order valence-corrected chi connectivity index (χ1v) is 11.2. The summed E-state index contributed by atoms with van der Waals surface area (Å²) in [5, 5.41) is 10.8. The SMILES string of the molecule is CCn1nc(C)cc1Nc1ncc(Cl)c(Nc2ccc(OC)cc2NS(C)(=O)=O)n1. The first-order valence-electron chi connectivity index (χ1n) is 8.95. The van der Waals surface area contributed by atoms with Crippen LogP contribution in [-0.4, -0.2) is 41.5 Å². The summed E-state index contributed by atoms with van der Waals surface area (Å²) in [6, 6.07) is 6.78. The van der Waals surface area contributed by atoms with E-state index in [2.05, 4.69) is 30.4 Å². The number of aromatic nitrogens is 4. The second-order valence-electron chi connectivity index (χ2n) is 6.41. The standard InChI is InChI=1S/C18H22ClN7O3S/c1-5-26-16(8-11(2)24-26)22-18-20-10-13(19)17(23-18)21-14-7-6-12(29-3)9-15(14)25-30(4,27)28/h6-10,25H,5H2,1-4H3,(H2,20,21,22,23). The predicted molar refractivity (Wildman–Crippen MR) is 118 cm³/mol. The van der Waals surface area contributed by atoms with Crippen LogP contribution < -0.4 is 20.1 Å². The Kier molecular flexibility index (Phi) is 6.32. The highest BCUT2D eigenvalue weighted by Gasteiger charge is 2.14. The van der Waals surface area contributed by atoms with Crippen molar-refractivity contribution in [3.63, 3.8) is 0 Å². The number of halogens is 1. The molecule has 0 fully saturated rings. The number of methoxy groups -OCH3 is 1. The third kappa shape index (κ3) is 5.30. The van der Waals surface area contributed by atoms with E-state index in [0.29, 0.717) is 35.4 Å². The molecular weight excluding hydrogens is 430 g/mol. The Balaban J connectivity index is 1.92. The van der Waals surface area contributed by atoms with Crippen LogP contribution in [0.3, 0.4) is 0 Å². The Bertz CT molecular complexity index is 1160. The van der Waals surface area contributed by atoms with Gasteiger partial charge in [-0.15, -0.1) is 0 Å². The zero-order chi connectivity index (χ0) is 21.9. The summed E-state index contributed by atoms with van der Waals surface area (Å²) in [6.07, 6.45) is 2.51. The van der Waals surface area contributed by atoms with Crippen LogP contribution in [0.2, 0.25) is 5.02 Å². The third-order valence-electron chi connectivity index (χ3n) is 3.96. The van der Waals surface area contributed by atoms with Crippen molar-refractivity contribution in [2.45, 2.75) is 20.4 Å². The largest absolute Gasteiger partial charge is 0.497 e. The van der Waals surface area contributed by atoms with E-state index >= 15 is 0 Å². The molecule has 3 N–H and O–H groups in total. The Labute approximate surface area is 179 Å². The fourth-order valence-corrected chi connectivity index (χ4v) is 3.39. The van der Waals surface area contributed by atoms with Gasteiger partial charge in [0.05, 0.1) is 36.6 Å². The molecule has 0 spiro atoms. The van der Waals surface area contributed by atoms with Crippen LogP contribution in [0.1, 0.15) is 12.6 Å². The van der Waals surface area contributed by atoms with Gasteiger partial charge in [0, 0.05) is 18.7 Å². The molecule has 0 aliphatic heterocycles. The minimum Gasteiger partial charge on any atom is -0.497 e. The number of nitrogens with one attached hydrogen (secondary N) is 3. The fraction of sp³-hybridized carbons (Fsp3) is 0.278. The lowest BCUT2D eigenvalue weighted by atomic mass is 10.2. The Morgan fingerprint density at radius 2 is 1.97 bits per heavy atom. The second kappa shape index (κ2) is 8.76. The molecule has 30 heavy (non-hydrogen) atoms. The van der Waals surface area contributed by atoms with Gasteiger partial charge in [-0.2, -0.15) is 10.1 Å². The van der Waals surface area contributed by atoms with E-state index in [1.165, 1.54) is 13.3 Å². The lowest BCUT2D eigenvalue weighted by molar-refractivity contribution is 0.415. The highest BCUT2D eigenvalue weighted by molar-refractivity contribution is 7.92. The van der Waals surface area contributed by atoms with Gasteiger partial charge in [-0.3, -0.25) is 4.72 Å². The highest BCUT2D eigenvalue weighted by Crippen LogP contribution is 2.32. The van der Waals surface area contributed by atoms with Crippen LogP contribution in [-0.2, 0) is 16.6 Å². The van der Waals surface area contributed by atoms with Crippen molar-refractivity contribution in [3.05, 3.63) is 41.2 Å². The maximum Gasteiger partial charge on any atom is 0.230 e. The van der Waals surface area contributed by atoms with Gasteiger partial charge in [0.2, 0.25) is 16.0 Å². The topological polar surface area (TPSA) is 123 Å². The normalized spacial score (nSPS) is 11.2. The summed E-state index contributed by atoms with van der Waals surface area (Å²) < 4.78 is 32.9. The summed E-state index contributed by atoms with van der Waals surface area (Å²) >= 11 is 6.26. The van der Waals surface area contributed by atoms with Crippen LogP contribution in [0.15, 0.2) is 30.5 Å². The number of benzene rings is 1. The van der Waals surface area contributed by atoms with E-state index in [0.717, 1.165) is 17.8 Å². The second-order valence-corrected chi connectivity index (χ2v) is 8.57. The van der Waals surface area contributed by atoms with E-state index in [4.69, 9.17) is 16.3 Å². The number of ether oxygens (including phenoxy) is 1. The van der Waals surface area contributed by atoms with Gasteiger partial charge in [0.15, 0.2) is 5.82 Å². The van der Waals surface area contributed by atoms with E-state index < -0.39 is 10.0 Å². The maximum atomic E-state index is 11.7. The van der Waals surface area contributed by atoms with Gasteiger partial charge in [0.1, 0.15) is 16.6 Å². The molecule has 0 aliphatic carbocycles. The van der Waals surface area contributed by atoms with Crippen molar-refractivity contribution in [1.29, 1.82) is 0 Å². The zero-order valence-corrected chi connectivity index (χ0v) is 18.5. The molecule has 0 atom stereocenters. The lowest BCUT2D eigenvalue weighted by Crippen LogP contribution is -2.12. The van der Waals surface area contributed by atoms with Crippen LogP contribution >= 0.6 is 11.6 Å². The molecule has 0 saturated heterocycles. The molecule has 160 valence electrons. The number of rotatable bonds is 8. The quantitative estimate of drug-likeness (QED) is 0.475. The van der Waals surface area contributed by atoms with Gasteiger partial charge >= 0.3 is 0 Å². The molecule has 0 saturated carbocycles. The molecule has 0 bridgehead atoms. The van der Waals surface area contributed by atoms with Gasteiger partial charge in [0.25, 0.3) is 0 Å². The molecule has 3 aromatic rings. The molecule has 12 heteroatoms. The molecule has 2 aromatic heterocycles. The number of aryl methyl sites for hydroxylation is 2. The molecule has 0 aliphatic rings. The molecule has 10 nitrogen and oxygen atoms in total. The Hall–Kier alpha value is -3.05. The summed E-state index contributed by atoms with van der Waals surface area (Å²) in [6.45, 7) is 4.56. The van der Waals surface area contributed by atoms with E-state index in [9.17, 15) is 8.42 Å². The molecule has 1 aromatic carbocycles. The van der Waals surface area contributed by atoms with Crippen molar-refractivity contribution in [2.75, 3.05) is 28.7 Å². The van der Waals surface area contributed by atoms with E-state index in [1.807, 2.05) is 19.9 Å². The molecule has 3 rings (SSSR count). The Morgan fingerprint density at radius 3 is 2.63 bits per heavy atom. The van der Waals surface area contributed by atoms with Crippen LogP contribution in [0.5, 0.6) is 5.75 Å². The van der Waals surface area contributed by atoms with Crippen molar-refractivity contribution >= 4 is 50.6 Å². The number of nitrogens with zero attached hydrogens (tertiary/aromatic N) is 4. The number of sulfonamides is 1. The number of anilines is 5.